The number of rotatable bonds is 6. The summed E-state index contributed by atoms with van der Waals surface area (Å²) in [6.45, 7) is 3.13. The van der Waals surface area contributed by atoms with Crippen molar-refractivity contribution in [2.75, 3.05) is 6.61 Å². The molecule has 0 radical (unpaired) electrons. The molecule has 0 aromatic heterocycles. The summed E-state index contributed by atoms with van der Waals surface area (Å²) in [5, 5.41) is 24.4. The average molecular weight is 343 g/mol. The van der Waals surface area contributed by atoms with Gasteiger partial charge in [0.05, 0.1) is 11.1 Å². The Labute approximate surface area is 143 Å². The Hall–Kier alpha value is -3.42. The Morgan fingerprint density at radius 1 is 1.28 bits per heavy atom. The Morgan fingerprint density at radius 2 is 1.96 bits per heavy atom. The number of ether oxygens (including phenoxy) is 1. The molecule has 0 saturated heterocycles. The van der Waals surface area contributed by atoms with Gasteiger partial charge in [0.1, 0.15) is 5.75 Å². The zero-order chi connectivity index (χ0) is 18.4. The summed E-state index contributed by atoms with van der Waals surface area (Å²) in [6.07, 6.45) is 1.29. The van der Waals surface area contributed by atoms with Crippen LogP contribution in [0.2, 0.25) is 0 Å². The fourth-order valence-electron chi connectivity index (χ4n) is 2.00. The van der Waals surface area contributed by atoms with Gasteiger partial charge in [0, 0.05) is 11.6 Å². The van der Waals surface area contributed by atoms with Gasteiger partial charge < -0.3 is 9.84 Å². The maximum atomic E-state index is 11.7. The van der Waals surface area contributed by atoms with E-state index in [1.54, 1.807) is 31.2 Å². The van der Waals surface area contributed by atoms with E-state index in [4.69, 9.17) is 4.74 Å². The van der Waals surface area contributed by atoms with Crippen molar-refractivity contribution >= 4 is 17.8 Å². The molecule has 2 N–H and O–H groups in total. The van der Waals surface area contributed by atoms with E-state index in [0.29, 0.717) is 11.1 Å². The minimum atomic E-state index is -0.585. The summed E-state index contributed by atoms with van der Waals surface area (Å²) in [5.41, 5.74) is 4.07. The normalized spacial score (nSPS) is 10.6. The third kappa shape index (κ3) is 5.03. The molecule has 2 rings (SSSR count). The highest BCUT2D eigenvalue weighted by molar-refractivity contribution is 5.85. The van der Waals surface area contributed by atoms with Crippen molar-refractivity contribution in [2.45, 2.75) is 13.8 Å². The highest BCUT2D eigenvalue weighted by Crippen LogP contribution is 2.27. The lowest BCUT2D eigenvalue weighted by Crippen LogP contribution is -2.24. The highest BCUT2D eigenvalue weighted by atomic mass is 16.6. The van der Waals surface area contributed by atoms with E-state index >= 15 is 0 Å². The lowest BCUT2D eigenvalue weighted by Gasteiger charge is -2.06. The zero-order valence-corrected chi connectivity index (χ0v) is 13.7. The molecule has 0 aliphatic heterocycles. The Balaban J connectivity index is 1.93. The lowest BCUT2D eigenvalue weighted by molar-refractivity contribution is -0.385. The van der Waals surface area contributed by atoms with Gasteiger partial charge in [0.15, 0.2) is 12.4 Å². The van der Waals surface area contributed by atoms with Gasteiger partial charge in [-0.25, -0.2) is 5.43 Å². The molecule has 2 aromatic carbocycles. The van der Waals surface area contributed by atoms with Gasteiger partial charge in [-0.1, -0.05) is 12.1 Å². The molecule has 2 aromatic rings. The van der Waals surface area contributed by atoms with E-state index in [0.717, 1.165) is 5.56 Å². The lowest BCUT2D eigenvalue weighted by atomic mass is 10.1. The molecule has 0 fully saturated rings. The molecule has 0 aliphatic carbocycles. The topological polar surface area (TPSA) is 114 Å². The van der Waals surface area contributed by atoms with Gasteiger partial charge in [-0.3, -0.25) is 14.9 Å². The van der Waals surface area contributed by atoms with Crippen LogP contribution in [0, 0.1) is 24.0 Å². The molecule has 25 heavy (non-hydrogen) atoms. The molecule has 8 heteroatoms. The van der Waals surface area contributed by atoms with E-state index in [9.17, 15) is 20.0 Å². The van der Waals surface area contributed by atoms with Crippen molar-refractivity contribution in [1.29, 1.82) is 0 Å². The first-order valence-electron chi connectivity index (χ1n) is 7.36. The zero-order valence-electron chi connectivity index (χ0n) is 13.7. The number of hydrogen-bond acceptors (Lipinski definition) is 6. The maximum Gasteiger partial charge on any atom is 0.311 e. The van der Waals surface area contributed by atoms with Crippen LogP contribution >= 0.6 is 0 Å². The van der Waals surface area contributed by atoms with Gasteiger partial charge in [-0.2, -0.15) is 5.10 Å². The molecular formula is C17H17N3O5. The third-order valence-corrected chi connectivity index (χ3v) is 3.25. The van der Waals surface area contributed by atoms with Crippen molar-refractivity contribution < 1.29 is 19.6 Å². The van der Waals surface area contributed by atoms with Crippen LogP contribution in [0.4, 0.5) is 5.69 Å². The number of aromatic hydroxyl groups is 1. The van der Waals surface area contributed by atoms with E-state index in [1.165, 1.54) is 18.3 Å². The first kappa shape index (κ1) is 17.9. The second kappa shape index (κ2) is 7.91. The molecular weight excluding hydrogens is 326 g/mol. The van der Waals surface area contributed by atoms with Crippen LogP contribution in [0.5, 0.6) is 11.5 Å². The standard InChI is InChI=1S/C17H17N3O5/c1-11-4-6-16(14(7-11)20(23)24)25-10-17(22)19-18-9-13-5-3-12(2)8-15(13)21/h3-9,21H,10H2,1-2H3,(H,19,22)/b18-9+. The molecule has 130 valence electrons. The Kier molecular flexibility index (Phi) is 5.67. The van der Waals surface area contributed by atoms with Crippen molar-refractivity contribution in [3.8, 4) is 11.5 Å². The van der Waals surface area contributed by atoms with Crippen LogP contribution < -0.4 is 10.2 Å². The molecule has 0 bridgehead atoms. The number of aryl methyl sites for hydroxylation is 2. The number of carbonyl (C=O) groups is 1. The predicted molar refractivity (Wildman–Crippen MR) is 91.9 cm³/mol. The SMILES string of the molecule is Cc1ccc(/C=N/NC(=O)COc2ccc(C)cc2[N+](=O)[O-])c(O)c1. The van der Waals surface area contributed by atoms with Crippen LogP contribution in [0.25, 0.3) is 0 Å². The van der Waals surface area contributed by atoms with Crippen molar-refractivity contribution in [2.24, 2.45) is 5.10 Å². The smallest absolute Gasteiger partial charge is 0.311 e. The van der Waals surface area contributed by atoms with Gasteiger partial charge >= 0.3 is 5.69 Å². The molecule has 0 spiro atoms. The number of amides is 1. The Morgan fingerprint density at radius 3 is 2.64 bits per heavy atom. The summed E-state index contributed by atoms with van der Waals surface area (Å²) in [4.78, 5) is 22.1. The van der Waals surface area contributed by atoms with Gasteiger partial charge in [-0.15, -0.1) is 0 Å². The molecule has 1 amide bonds. The van der Waals surface area contributed by atoms with Crippen molar-refractivity contribution in [1.82, 2.24) is 5.43 Å². The quantitative estimate of drug-likeness (QED) is 0.475. The van der Waals surface area contributed by atoms with Crippen LogP contribution in [-0.2, 0) is 4.79 Å². The number of hydrogen-bond donors (Lipinski definition) is 2. The van der Waals surface area contributed by atoms with Crippen LogP contribution in [0.1, 0.15) is 16.7 Å². The van der Waals surface area contributed by atoms with Crippen LogP contribution in [0.3, 0.4) is 0 Å². The number of phenols is 1. The van der Waals surface area contributed by atoms with Crippen molar-refractivity contribution in [3.63, 3.8) is 0 Å². The number of benzene rings is 2. The number of hydrazone groups is 1. The van der Waals surface area contributed by atoms with E-state index in [-0.39, 0.29) is 17.2 Å². The summed E-state index contributed by atoms with van der Waals surface area (Å²) < 4.78 is 5.18. The second-order valence-electron chi connectivity index (χ2n) is 5.37. The number of nitro benzene ring substituents is 1. The molecule has 0 saturated carbocycles. The van der Waals surface area contributed by atoms with E-state index in [2.05, 4.69) is 10.5 Å². The third-order valence-electron chi connectivity index (χ3n) is 3.25. The molecule has 8 nitrogen and oxygen atoms in total. The number of nitrogens with zero attached hydrogens (tertiary/aromatic N) is 2. The van der Waals surface area contributed by atoms with E-state index < -0.39 is 17.4 Å². The minimum Gasteiger partial charge on any atom is -0.507 e. The predicted octanol–water partition coefficient (Wildman–Crippen LogP) is 2.45. The molecule has 0 heterocycles. The first-order valence-corrected chi connectivity index (χ1v) is 7.36. The Bertz CT molecular complexity index is 833. The van der Waals surface area contributed by atoms with E-state index in [1.807, 2.05) is 6.92 Å². The average Bonchev–Trinajstić information content (AvgIpc) is 2.55. The summed E-state index contributed by atoms with van der Waals surface area (Å²) in [5.74, 6) is -0.534. The summed E-state index contributed by atoms with van der Waals surface area (Å²) in [6, 6.07) is 9.48. The van der Waals surface area contributed by atoms with Gasteiger partial charge in [-0.05, 0) is 43.2 Å². The van der Waals surface area contributed by atoms with Crippen LogP contribution in [0.15, 0.2) is 41.5 Å². The van der Waals surface area contributed by atoms with Gasteiger partial charge in [0.2, 0.25) is 0 Å². The molecule has 0 unspecified atom stereocenters. The summed E-state index contributed by atoms with van der Waals surface area (Å²) >= 11 is 0. The van der Waals surface area contributed by atoms with Crippen molar-refractivity contribution in [3.05, 3.63) is 63.2 Å². The maximum absolute atomic E-state index is 11.7. The highest BCUT2D eigenvalue weighted by Gasteiger charge is 2.16. The number of nitrogens with one attached hydrogen (secondary N) is 1. The monoisotopic (exact) mass is 343 g/mol. The number of carbonyl (C=O) groups excluding carboxylic acids is 1. The van der Waals surface area contributed by atoms with Crippen LogP contribution in [-0.4, -0.2) is 28.8 Å². The fourth-order valence-corrected chi connectivity index (χ4v) is 2.00. The first-order chi connectivity index (χ1) is 11.9. The largest absolute Gasteiger partial charge is 0.507 e. The molecule has 0 atom stereocenters. The number of phenolic OH excluding ortho intramolecular Hbond substituents is 1. The summed E-state index contributed by atoms with van der Waals surface area (Å²) in [7, 11) is 0. The minimum absolute atomic E-state index is 0.00547. The van der Waals surface area contributed by atoms with Gasteiger partial charge in [0.25, 0.3) is 5.91 Å². The fraction of sp³-hybridized carbons (Fsp3) is 0.176. The second-order valence-corrected chi connectivity index (χ2v) is 5.37. The number of nitro groups is 1. The molecule has 0 aliphatic rings.